The number of likely N-dealkylation sites (tertiary alicyclic amines) is 1. The molecule has 0 aromatic carbocycles. The predicted molar refractivity (Wildman–Crippen MR) is 102 cm³/mol. The molecule has 2 aromatic heterocycles. The Morgan fingerprint density at radius 2 is 1.85 bits per heavy atom. The lowest BCUT2D eigenvalue weighted by Crippen LogP contribution is -2.40. The van der Waals surface area contributed by atoms with Crippen molar-refractivity contribution in [3.8, 4) is 5.88 Å². The SMILES string of the molecule is c1ccc(O[C@H]2C[C@@H]3CN(C4CCOCC4)C[C@@H]3C[C@@H]2n2cccn2)nc1. The minimum atomic E-state index is 0.121. The topological polar surface area (TPSA) is 52.4 Å². The van der Waals surface area contributed by atoms with Gasteiger partial charge in [0.25, 0.3) is 0 Å². The largest absolute Gasteiger partial charge is 0.472 e. The number of aromatic nitrogens is 3. The fourth-order valence-electron chi connectivity index (χ4n) is 5.23. The van der Waals surface area contributed by atoms with Crippen molar-refractivity contribution in [3.63, 3.8) is 0 Å². The van der Waals surface area contributed by atoms with E-state index in [9.17, 15) is 0 Å². The van der Waals surface area contributed by atoms with Gasteiger partial charge in [0, 0.05) is 57.0 Å². The minimum Gasteiger partial charge on any atom is -0.472 e. The molecule has 2 saturated heterocycles. The van der Waals surface area contributed by atoms with Crippen molar-refractivity contribution in [3.05, 3.63) is 42.9 Å². The third-order valence-corrected chi connectivity index (χ3v) is 6.59. The summed E-state index contributed by atoms with van der Waals surface area (Å²) >= 11 is 0. The van der Waals surface area contributed by atoms with Crippen molar-refractivity contribution in [2.24, 2.45) is 11.8 Å². The molecule has 0 spiro atoms. The Morgan fingerprint density at radius 3 is 2.59 bits per heavy atom. The van der Waals surface area contributed by atoms with Crippen LogP contribution in [0.4, 0.5) is 0 Å². The highest BCUT2D eigenvalue weighted by atomic mass is 16.5. The molecule has 4 heterocycles. The normalized spacial score (nSPS) is 32.3. The van der Waals surface area contributed by atoms with Crippen LogP contribution in [-0.4, -0.2) is 58.1 Å². The molecule has 0 N–H and O–H groups in total. The zero-order valence-electron chi connectivity index (χ0n) is 15.7. The summed E-state index contributed by atoms with van der Waals surface area (Å²) in [5.74, 6) is 2.15. The molecule has 2 aliphatic heterocycles. The van der Waals surface area contributed by atoms with Crippen LogP contribution in [0.3, 0.4) is 0 Å². The van der Waals surface area contributed by atoms with Gasteiger partial charge in [-0.05, 0) is 49.7 Å². The number of rotatable bonds is 4. The van der Waals surface area contributed by atoms with Crippen LogP contribution in [-0.2, 0) is 4.74 Å². The van der Waals surface area contributed by atoms with Crippen LogP contribution in [0.5, 0.6) is 5.88 Å². The van der Waals surface area contributed by atoms with Gasteiger partial charge < -0.3 is 9.47 Å². The Labute approximate surface area is 160 Å². The molecule has 6 nitrogen and oxygen atoms in total. The number of nitrogens with zero attached hydrogens (tertiary/aromatic N) is 4. The highest BCUT2D eigenvalue weighted by Gasteiger charge is 2.45. The molecule has 0 unspecified atom stereocenters. The van der Waals surface area contributed by atoms with E-state index >= 15 is 0 Å². The second-order valence-corrected chi connectivity index (χ2v) is 8.17. The Kier molecular flexibility index (Phi) is 4.84. The summed E-state index contributed by atoms with van der Waals surface area (Å²) in [4.78, 5) is 7.11. The molecule has 1 aliphatic carbocycles. The van der Waals surface area contributed by atoms with Gasteiger partial charge in [-0.1, -0.05) is 6.07 Å². The fourth-order valence-corrected chi connectivity index (χ4v) is 5.23. The third kappa shape index (κ3) is 3.60. The van der Waals surface area contributed by atoms with Crippen LogP contribution in [0.1, 0.15) is 31.7 Å². The van der Waals surface area contributed by atoms with Gasteiger partial charge in [-0.3, -0.25) is 9.58 Å². The Bertz CT molecular complexity index is 717. The molecule has 2 aromatic rings. The van der Waals surface area contributed by atoms with E-state index in [2.05, 4.69) is 25.9 Å². The van der Waals surface area contributed by atoms with E-state index in [1.54, 1.807) is 6.20 Å². The number of pyridine rings is 1. The average molecular weight is 368 g/mol. The molecular formula is C21H28N4O2. The van der Waals surface area contributed by atoms with Crippen molar-refractivity contribution < 1.29 is 9.47 Å². The van der Waals surface area contributed by atoms with Gasteiger partial charge in [0.05, 0.1) is 6.04 Å². The van der Waals surface area contributed by atoms with Crippen LogP contribution >= 0.6 is 0 Å². The van der Waals surface area contributed by atoms with Gasteiger partial charge in [-0.25, -0.2) is 4.98 Å². The van der Waals surface area contributed by atoms with Crippen LogP contribution in [0.2, 0.25) is 0 Å². The lowest BCUT2D eigenvalue weighted by atomic mass is 9.77. The highest BCUT2D eigenvalue weighted by molar-refractivity contribution is 5.11. The standard InChI is InChI=1S/C21H28N4O2/c1-2-7-22-21(4-1)27-20-13-17-15-24(18-5-10-26-11-6-18)14-16(17)12-19(20)25-9-3-8-23-25/h1-4,7-9,16-20H,5-6,10-15H2/t16-,17+,19-,20-/m0/s1. The van der Waals surface area contributed by atoms with E-state index in [4.69, 9.17) is 9.47 Å². The summed E-state index contributed by atoms with van der Waals surface area (Å²) in [6, 6.07) is 8.85. The van der Waals surface area contributed by atoms with Gasteiger partial charge in [-0.15, -0.1) is 0 Å². The molecule has 3 aliphatic rings. The molecule has 0 bridgehead atoms. The summed E-state index contributed by atoms with van der Waals surface area (Å²) in [5, 5.41) is 4.54. The number of fused-ring (bicyclic) bond motifs is 1. The first kappa shape index (κ1) is 17.2. The van der Waals surface area contributed by atoms with Gasteiger partial charge in [0.1, 0.15) is 6.10 Å². The first-order valence-electron chi connectivity index (χ1n) is 10.3. The number of hydrogen-bond acceptors (Lipinski definition) is 5. The fraction of sp³-hybridized carbons (Fsp3) is 0.619. The van der Waals surface area contributed by atoms with Crippen LogP contribution < -0.4 is 4.74 Å². The second kappa shape index (κ2) is 7.60. The zero-order chi connectivity index (χ0) is 18.1. The van der Waals surface area contributed by atoms with Crippen molar-refractivity contribution in [1.82, 2.24) is 19.7 Å². The molecule has 3 fully saturated rings. The van der Waals surface area contributed by atoms with Crippen molar-refractivity contribution in [2.45, 2.75) is 43.9 Å². The summed E-state index contributed by atoms with van der Waals surface area (Å²) in [6.07, 6.45) is 10.4. The number of ether oxygens (including phenoxy) is 2. The van der Waals surface area contributed by atoms with E-state index < -0.39 is 0 Å². The van der Waals surface area contributed by atoms with Crippen LogP contribution in [0.15, 0.2) is 42.9 Å². The van der Waals surface area contributed by atoms with Crippen molar-refractivity contribution in [2.75, 3.05) is 26.3 Å². The highest BCUT2D eigenvalue weighted by Crippen LogP contribution is 2.43. The maximum atomic E-state index is 6.37. The first-order chi connectivity index (χ1) is 13.4. The summed E-state index contributed by atoms with van der Waals surface area (Å²) in [6.45, 7) is 4.24. The van der Waals surface area contributed by atoms with E-state index in [0.29, 0.717) is 12.0 Å². The average Bonchev–Trinajstić information content (AvgIpc) is 3.38. The Hall–Kier alpha value is -1.92. The lowest BCUT2D eigenvalue weighted by Gasteiger charge is -2.37. The van der Waals surface area contributed by atoms with Gasteiger partial charge in [0.15, 0.2) is 0 Å². The van der Waals surface area contributed by atoms with E-state index in [1.807, 2.05) is 30.5 Å². The van der Waals surface area contributed by atoms with Gasteiger partial charge in [-0.2, -0.15) is 5.10 Å². The molecule has 1 saturated carbocycles. The Morgan fingerprint density at radius 1 is 1.00 bits per heavy atom. The predicted octanol–water partition coefficient (Wildman–Crippen LogP) is 2.79. The third-order valence-electron chi connectivity index (χ3n) is 6.59. The lowest BCUT2D eigenvalue weighted by molar-refractivity contribution is 0.0399. The number of hydrogen-bond donors (Lipinski definition) is 0. The summed E-state index contributed by atoms with van der Waals surface area (Å²) in [5.41, 5.74) is 0. The molecule has 0 amide bonds. The quantitative estimate of drug-likeness (QED) is 0.831. The molecule has 5 rings (SSSR count). The molecule has 4 atom stereocenters. The Balaban J connectivity index is 1.33. The molecular weight excluding hydrogens is 340 g/mol. The minimum absolute atomic E-state index is 0.121. The zero-order valence-corrected chi connectivity index (χ0v) is 15.7. The second-order valence-electron chi connectivity index (χ2n) is 8.17. The monoisotopic (exact) mass is 368 g/mol. The summed E-state index contributed by atoms with van der Waals surface area (Å²) in [7, 11) is 0. The molecule has 6 heteroatoms. The van der Waals surface area contributed by atoms with Crippen LogP contribution in [0, 0.1) is 11.8 Å². The smallest absolute Gasteiger partial charge is 0.213 e. The molecule has 144 valence electrons. The molecule has 27 heavy (non-hydrogen) atoms. The van der Waals surface area contributed by atoms with Crippen LogP contribution in [0.25, 0.3) is 0 Å². The van der Waals surface area contributed by atoms with Crippen molar-refractivity contribution in [1.29, 1.82) is 0 Å². The van der Waals surface area contributed by atoms with E-state index in [0.717, 1.165) is 37.9 Å². The maximum absolute atomic E-state index is 6.37. The van der Waals surface area contributed by atoms with Gasteiger partial charge >= 0.3 is 0 Å². The molecule has 0 radical (unpaired) electrons. The first-order valence-corrected chi connectivity index (χ1v) is 10.3. The van der Waals surface area contributed by atoms with Gasteiger partial charge in [0.2, 0.25) is 5.88 Å². The maximum Gasteiger partial charge on any atom is 0.213 e. The van der Waals surface area contributed by atoms with E-state index in [1.165, 1.54) is 25.9 Å². The van der Waals surface area contributed by atoms with Crippen molar-refractivity contribution >= 4 is 0 Å². The summed E-state index contributed by atoms with van der Waals surface area (Å²) < 4.78 is 14.0. The van der Waals surface area contributed by atoms with E-state index in [-0.39, 0.29) is 12.1 Å².